The Morgan fingerprint density at radius 1 is 1.41 bits per heavy atom. The van der Waals surface area contributed by atoms with E-state index in [0.717, 1.165) is 36.5 Å². The van der Waals surface area contributed by atoms with Gasteiger partial charge >= 0.3 is 0 Å². The molecule has 22 heavy (non-hydrogen) atoms. The first kappa shape index (κ1) is 15.5. The smallest absolute Gasteiger partial charge is 0.220 e. The summed E-state index contributed by atoms with van der Waals surface area (Å²) in [4.78, 5) is 12.3. The number of hydrogen-bond donors (Lipinski definition) is 1. The van der Waals surface area contributed by atoms with Crippen molar-refractivity contribution in [1.29, 1.82) is 0 Å². The molecule has 0 aromatic carbocycles. The molecule has 3 atom stereocenters. The standard InChI is InChI=1S/C17H26N2O3/c1-10-12(11(2)22-19-10)7-8-14(20)18-15-13-6-5-9-21-16(13)17(15,3)4/h13,15-16H,5-9H2,1-4H3,(H,18,20)/t13-,15-,16+/m1/s1. The lowest BCUT2D eigenvalue weighted by molar-refractivity contribution is -0.193. The fourth-order valence-electron chi connectivity index (χ4n) is 4.16. The summed E-state index contributed by atoms with van der Waals surface area (Å²) in [6.45, 7) is 9.06. The van der Waals surface area contributed by atoms with Gasteiger partial charge in [-0.3, -0.25) is 4.79 Å². The van der Waals surface area contributed by atoms with Gasteiger partial charge in [-0.15, -0.1) is 0 Å². The van der Waals surface area contributed by atoms with Gasteiger partial charge in [0, 0.05) is 36.0 Å². The maximum Gasteiger partial charge on any atom is 0.220 e. The Balaban J connectivity index is 1.56. The third kappa shape index (κ3) is 2.56. The molecule has 0 radical (unpaired) electrons. The number of carbonyl (C=O) groups excluding carboxylic acids is 1. The molecular formula is C17H26N2O3. The number of nitrogens with one attached hydrogen (secondary N) is 1. The molecule has 0 bridgehead atoms. The van der Waals surface area contributed by atoms with E-state index in [2.05, 4.69) is 24.3 Å². The fraction of sp³-hybridized carbons (Fsp3) is 0.765. The normalized spacial score (nSPS) is 29.5. The first-order chi connectivity index (χ1) is 10.4. The van der Waals surface area contributed by atoms with Crippen LogP contribution >= 0.6 is 0 Å². The van der Waals surface area contributed by atoms with Gasteiger partial charge in [0.25, 0.3) is 0 Å². The number of hydrogen-bond acceptors (Lipinski definition) is 4. The van der Waals surface area contributed by atoms with Crippen LogP contribution in [0.15, 0.2) is 4.52 Å². The molecule has 1 aromatic rings. The Labute approximate surface area is 131 Å². The molecule has 1 aromatic heterocycles. The molecule has 3 rings (SSSR count). The Bertz CT molecular complexity index is 545. The van der Waals surface area contributed by atoms with Gasteiger partial charge in [0.05, 0.1) is 11.8 Å². The van der Waals surface area contributed by atoms with Crippen molar-refractivity contribution in [3.63, 3.8) is 0 Å². The molecule has 0 spiro atoms. The van der Waals surface area contributed by atoms with Gasteiger partial charge in [-0.1, -0.05) is 19.0 Å². The van der Waals surface area contributed by atoms with E-state index < -0.39 is 0 Å². The van der Waals surface area contributed by atoms with Crippen LogP contribution < -0.4 is 5.32 Å². The van der Waals surface area contributed by atoms with E-state index in [-0.39, 0.29) is 17.4 Å². The van der Waals surface area contributed by atoms with Gasteiger partial charge in [-0.05, 0) is 33.1 Å². The summed E-state index contributed by atoms with van der Waals surface area (Å²) in [6.07, 6.45) is 3.72. The van der Waals surface area contributed by atoms with Crippen molar-refractivity contribution in [3.8, 4) is 0 Å². The molecule has 2 aliphatic rings. The van der Waals surface area contributed by atoms with Crippen LogP contribution in [0.1, 0.15) is 50.1 Å². The van der Waals surface area contributed by atoms with Crippen LogP contribution in [0.25, 0.3) is 0 Å². The maximum absolute atomic E-state index is 12.3. The molecule has 0 unspecified atom stereocenters. The van der Waals surface area contributed by atoms with E-state index in [0.29, 0.717) is 24.9 Å². The number of nitrogens with zero attached hydrogens (tertiary/aromatic N) is 1. The maximum atomic E-state index is 12.3. The average Bonchev–Trinajstić information content (AvgIpc) is 2.81. The molecule has 2 heterocycles. The molecular weight excluding hydrogens is 280 g/mol. The number of amides is 1. The highest BCUT2D eigenvalue weighted by atomic mass is 16.5. The number of aromatic nitrogens is 1. The highest BCUT2D eigenvalue weighted by Crippen LogP contribution is 2.51. The van der Waals surface area contributed by atoms with Crippen LogP contribution in [0.5, 0.6) is 0 Å². The van der Waals surface area contributed by atoms with E-state index in [4.69, 9.17) is 9.26 Å². The summed E-state index contributed by atoms with van der Waals surface area (Å²) in [6, 6.07) is 0.231. The van der Waals surface area contributed by atoms with Crippen LogP contribution in [0.2, 0.25) is 0 Å². The monoisotopic (exact) mass is 306 g/mol. The van der Waals surface area contributed by atoms with Crippen molar-refractivity contribution >= 4 is 5.91 Å². The summed E-state index contributed by atoms with van der Waals surface area (Å²) in [7, 11) is 0. The Kier molecular flexibility index (Phi) is 4.02. The third-order valence-electron chi connectivity index (χ3n) is 5.43. The van der Waals surface area contributed by atoms with Crippen molar-refractivity contribution in [2.24, 2.45) is 11.3 Å². The van der Waals surface area contributed by atoms with Crippen molar-refractivity contribution < 1.29 is 14.1 Å². The van der Waals surface area contributed by atoms with Gasteiger partial charge in [0.1, 0.15) is 5.76 Å². The van der Waals surface area contributed by atoms with Crippen LogP contribution in [0.4, 0.5) is 0 Å². The van der Waals surface area contributed by atoms with Crippen molar-refractivity contribution in [2.45, 2.75) is 65.5 Å². The van der Waals surface area contributed by atoms with Gasteiger partial charge in [0.2, 0.25) is 5.91 Å². The van der Waals surface area contributed by atoms with Crippen LogP contribution in [-0.4, -0.2) is 29.8 Å². The molecule has 2 fully saturated rings. The molecule has 5 heteroatoms. The predicted molar refractivity (Wildman–Crippen MR) is 82.5 cm³/mol. The Morgan fingerprint density at radius 3 is 2.86 bits per heavy atom. The summed E-state index contributed by atoms with van der Waals surface area (Å²) >= 11 is 0. The lowest BCUT2D eigenvalue weighted by Gasteiger charge is -2.59. The molecule has 1 N–H and O–H groups in total. The second kappa shape index (κ2) is 5.69. The van der Waals surface area contributed by atoms with Crippen LogP contribution in [-0.2, 0) is 16.0 Å². The zero-order chi connectivity index (χ0) is 15.9. The number of rotatable bonds is 4. The van der Waals surface area contributed by atoms with Crippen molar-refractivity contribution in [1.82, 2.24) is 10.5 Å². The van der Waals surface area contributed by atoms with E-state index in [1.54, 1.807) is 0 Å². The van der Waals surface area contributed by atoms with E-state index in [9.17, 15) is 4.79 Å². The summed E-state index contributed by atoms with van der Waals surface area (Å²) in [5.41, 5.74) is 1.97. The fourth-order valence-corrected chi connectivity index (χ4v) is 4.16. The highest BCUT2D eigenvalue weighted by Gasteiger charge is 2.58. The minimum absolute atomic E-state index is 0.0315. The topological polar surface area (TPSA) is 64.4 Å². The summed E-state index contributed by atoms with van der Waals surface area (Å²) in [5.74, 6) is 1.41. The highest BCUT2D eigenvalue weighted by molar-refractivity contribution is 5.77. The van der Waals surface area contributed by atoms with Crippen molar-refractivity contribution in [2.75, 3.05) is 6.61 Å². The number of carbonyl (C=O) groups is 1. The SMILES string of the molecule is Cc1noc(C)c1CCC(=O)N[C@@H]1[C@H]2CCCO[C@@H]2C1(C)C. The summed E-state index contributed by atoms with van der Waals surface area (Å²) in [5, 5.41) is 7.17. The minimum Gasteiger partial charge on any atom is -0.377 e. The van der Waals surface area contributed by atoms with Crippen LogP contribution in [0, 0.1) is 25.2 Å². The Morgan fingerprint density at radius 2 is 2.18 bits per heavy atom. The van der Waals surface area contributed by atoms with Crippen LogP contribution in [0.3, 0.4) is 0 Å². The number of fused-ring (bicyclic) bond motifs is 1. The van der Waals surface area contributed by atoms with Gasteiger partial charge in [-0.25, -0.2) is 0 Å². The second-order valence-electron chi connectivity index (χ2n) is 7.27. The minimum atomic E-state index is 0.0315. The molecule has 122 valence electrons. The molecule has 1 aliphatic carbocycles. The predicted octanol–water partition coefficient (Wildman–Crippen LogP) is 2.54. The Hall–Kier alpha value is -1.36. The largest absolute Gasteiger partial charge is 0.377 e. The number of ether oxygens (including phenoxy) is 1. The molecule has 1 saturated heterocycles. The zero-order valence-electron chi connectivity index (χ0n) is 13.9. The van der Waals surface area contributed by atoms with Gasteiger partial charge in [0.15, 0.2) is 0 Å². The molecule has 5 nitrogen and oxygen atoms in total. The van der Waals surface area contributed by atoms with E-state index in [1.165, 1.54) is 0 Å². The molecule has 1 amide bonds. The van der Waals surface area contributed by atoms with Gasteiger partial charge in [-0.2, -0.15) is 0 Å². The lowest BCUT2D eigenvalue weighted by atomic mass is 9.55. The van der Waals surface area contributed by atoms with E-state index in [1.807, 2.05) is 13.8 Å². The second-order valence-corrected chi connectivity index (χ2v) is 7.27. The van der Waals surface area contributed by atoms with Crippen molar-refractivity contribution in [3.05, 3.63) is 17.0 Å². The first-order valence-electron chi connectivity index (χ1n) is 8.24. The lowest BCUT2D eigenvalue weighted by Crippen LogP contribution is -2.70. The number of aryl methyl sites for hydroxylation is 2. The van der Waals surface area contributed by atoms with E-state index >= 15 is 0 Å². The quantitative estimate of drug-likeness (QED) is 0.928. The molecule has 1 aliphatic heterocycles. The average molecular weight is 306 g/mol. The molecule has 1 saturated carbocycles. The third-order valence-corrected chi connectivity index (χ3v) is 5.43. The first-order valence-corrected chi connectivity index (χ1v) is 8.24. The summed E-state index contributed by atoms with van der Waals surface area (Å²) < 4.78 is 11.0. The van der Waals surface area contributed by atoms with Gasteiger partial charge < -0.3 is 14.6 Å². The zero-order valence-corrected chi connectivity index (χ0v) is 13.9.